The van der Waals surface area contributed by atoms with Crippen LogP contribution >= 0.6 is 0 Å². The summed E-state index contributed by atoms with van der Waals surface area (Å²) in [4.78, 5) is 15.6. The van der Waals surface area contributed by atoms with Gasteiger partial charge in [-0.25, -0.2) is 5.01 Å². The average Bonchev–Trinajstić information content (AvgIpc) is 3.22. The number of amides is 1. The Labute approximate surface area is 179 Å². The Morgan fingerprint density at radius 1 is 1.10 bits per heavy atom. The highest BCUT2D eigenvalue weighted by atomic mass is 16.5. The lowest BCUT2D eigenvalue weighted by atomic mass is 9.95. The van der Waals surface area contributed by atoms with E-state index in [1.54, 1.807) is 12.1 Å². The van der Waals surface area contributed by atoms with E-state index < -0.39 is 0 Å². The molecule has 0 aliphatic carbocycles. The van der Waals surface area contributed by atoms with Crippen LogP contribution in [0.4, 0.5) is 0 Å². The highest BCUT2D eigenvalue weighted by Gasteiger charge is 2.34. The van der Waals surface area contributed by atoms with Gasteiger partial charge in [0, 0.05) is 12.0 Å². The number of carbonyl (C=O) groups is 1. The SMILES string of the molecule is COc1cccc([C@H]2CC(c3cc(C)ccc3C)=NN2C(=O)CN2CCCCC2)c1. The van der Waals surface area contributed by atoms with E-state index in [-0.39, 0.29) is 11.9 Å². The molecule has 2 aromatic rings. The first-order valence-corrected chi connectivity index (χ1v) is 10.9. The summed E-state index contributed by atoms with van der Waals surface area (Å²) in [5.74, 6) is 0.876. The third-order valence-electron chi connectivity index (χ3n) is 6.16. The highest BCUT2D eigenvalue weighted by Crippen LogP contribution is 2.35. The number of nitrogens with zero attached hydrogens (tertiary/aromatic N) is 3. The quantitative estimate of drug-likeness (QED) is 0.737. The fourth-order valence-electron chi connectivity index (χ4n) is 4.44. The molecule has 5 nitrogen and oxygen atoms in total. The molecule has 0 radical (unpaired) electrons. The van der Waals surface area contributed by atoms with Gasteiger partial charge in [-0.2, -0.15) is 5.10 Å². The van der Waals surface area contributed by atoms with Gasteiger partial charge in [-0.1, -0.05) is 36.2 Å². The van der Waals surface area contributed by atoms with Gasteiger partial charge >= 0.3 is 0 Å². The number of hydrogen-bond donors (Lipinski definition) is 0. The van der Waals surface area contributed by atoms with Crippen LogP contribution in [0.3, 0.4) is 0 Å². The lowest BCUT2D eigenvalue weighted by Crippen LogP contribution is -2.40. The van der Waals surface area contributed by atoms with Crippen LogP contribution in [-0.2, 0) is 4.79 Å². The van der Waals surface area contributed by atoms with E-state index in [9.17, 15) is 4.79 Å². The molecule has 158 valence electrons. The topological polar surface area (TPSA) is 45.1 Å². The van der Waals surface area contributed by atoms with Crippen molar-refractivity contribution in [2.24, 2.45) is 5.10 Å². The van der Waals surface area contributed by atoms with Crippen molar-refractivity contribution in [2.45, 2.75) is 45.6 Å². The summed E-state index contributed by atoms with van der Waals surface area (Å²) in [7, 11) is 1.67. The van der Waals surface area contributed by atoms with Crippen LogP contribution < -0.4 is 4.74 Å². The van der Waals surface area contributed by atoms with Gasteiger partial charge in [-0.3, -0.25) is 9.69 Å². The van der Waals surface area contributed by atoms with Crippen molar-refractivity contribution in [1.82, 2.24) is 9.91 Å². The molecule has 1 atom stereocenters. The van der Waals surface area contributed by atoms with Crippen LogP contribution in [0.5, 0.6) is 5.75 Å². The van der Waals surface area contributed by atoms with E-state index in [0.29, 0.717) is 13.0 Å². The molecular formula is C25H31N3O2. The van der Waals surface area contributed by atoms with E-state index in [0.717, 1.165) is 35.7 Å². The first-order valence-electron chi connectivity index (χ1n) is 10.9. The number of ether oxygens (including phenoxy) is 1. The Bertz CT molecular complexity index is 947. The van der Waals surface area contributed by atoms with Crippen LogP contribution in [-0.4, -0.2) is 48.3 Å². The Morgan fingerprint density at radius 2 is 1.90 bits per heavy atom. The van der Waals surface area contributed by atoms with Crippen molar-refractivity contribution in [1.29, 1.82) is 0 Å². The lowest BCUT2D eigenvalue weighted by Gasteiger charge is -2.29. The number of piperidine rings is 1. The normalized spacial score (nSPS) is 19.6. The van der Waals surface area contributed by atoms with Gasteiger partial charge in [0.25, 0.3) is 5.91 Å². The molecule has 0 spiro atoms. The second kappa shape index (κ2) is 9.00. The van der Waals surface area contributed by atoms with Crippen molar-refractivity contribution in [3.8, 4) is 5.75 Å². The van der Waals surface area contributed by atoms with E-state index in [1.165, 1.54) is 30.4 Å². The van der Waals surface area contributed by atoms with Crippen molar-refractivity contribution in [3.05, 3.63) is 64.7 Å². The highest BCUT2D eigenvalue weighted by molar-refractivity contribution is 6.04. The Balaban J connectivity index is 1.65. The molecule has 2 aromatic carbocycles. The molecule has 0 saturated carbocycles. The summed E-state index contributed by atoms with van der Waals surface area (Å²) in [6.07, 6.45) is 4.31. The number of carbonyl (C=O) groups excluding carboxylic acids is 1. The predicted octanol–water partition coefficient (Wildman–Crippen LogP) is 4.48. The number of rotatable bonds is 5. The minimum absolute atomic E-state index is 0.0741. The van der Waals surface area contributed by atoms with Gasteiger partial charge in [0.1, 0.15) is 5.75 Å². The maximum Gasteiger partial charge on any atom is 0.257 e. The minimum atomic E-state index is -0.104. The summed E-state index contributed by atoms with van der Waals surface area (Å²) in [6, 6.07) is 14.3. The average molecular weight is 406 g/mol. The van der Waals surface area contributed by atoms with Gasteiger partial charge < -0.3 is 4.74 Å². The van der Waals surface area contributed by atoms with E-state index in [4.69, 9.17) is 9.84 Å². The number of hydrogen-bond acceptors (Lipinski definition) is 4. The predicted molar refractivity (Wildman–Crippen MR) is 120 cm³/mol. The molecule has 30 heavy (non-hydrogen) atoms. The van der Waals surface area contributed by atoms with E-state index in [1.807, 2.05) is 18.2 Å². The maximum absolute atomic E-state index is 13.3. The smallest absolute Gasteiger partial charge is 0.257 e. The summed E-state index contributed by atoms with van der Waals surface area (Å²) in [5, 5.41) is 6.59. The second-order valence-corrected chi connectivity index (χ2v) is 8.44. The van der Waals surface area contributed by atoms with Gasteiger partial charge in [0.15, 0.2) is 0 Å². The molecule has 0 aromatic heterocycles. The van der Waals surface area contributed by atoms with E-state index >= 15 is 0 Å². The van der Waals surface area contributed by atoms with Gasteiger partial charge in [0.2, 0.25) is 0 Å². The minimum Gasteiger partial charge on any atom is -0.497 e. The summed E-state index contributed by atoms with van der Waals surface area (Å²) in [5.41, 5.74) is 5.57. The van der Waals surface area contributed by atoms with Gasteiger partial charge in [0.05, 0.1) is 25.4 Å². The van der Waals surface area contributed by atoms with Gasteiger partial charge in [-0.15, -0.1) is 0 Å². The number of methoxy groups -OCH3 is 1. The van der Waals surface area contributed by atoms with Crippen molar-refractivity contribution < 1.29 is 9.53 Å². The zero-order valence-corrected chi connectivity index (χ0v) is 18.2. The van der Waals surface area contributed by atoms with Crippen LogP contribution in [0.2, 0.25) is 0 Å². The molecule has 0 unspecified atom stereocenters. The van der Waals surface area contributed by atoms with Crippen LogP contribution in [0.1, 0.15) is 54.0 Å². The lowest BCUT2D eigenvalue weighted by molar-refractivity contribution is -0.134. The molecule has 2 heterocycles. The summed E-state index contributed by atoms with van der Waals surface area (Å²) < 4.78 is 5.43. The Morgan fingerprint density at radius 3 is 2.67 bits per heavy atom. The van der Waals surface area contributed by atoms with Crippen LogP contribution in [0.15, 0.2) is 47.6 Å². The van der Waals surface area contributed by atoms with Crippen LogP contribution in [0, 0.1) is 13.8 Å². The Kier molecular flexibility index (Phi) is 6.18. The first kappa shape index (κ1) is 20.6. The zero-order chi connectivity index (χ0) is 21.1. The number of aryl methyl sites for hydroxylation is 2. The molecule has 2 aliphatic heterocycles. The standard InChI is InChI=1S/C25H31N3O2/c1-18-10-11-19(2)22(14-18)23-16-24(20-8-7-9-21(15-20)30-3)28(26-23)25(29)17-27-12-5-4-6-13-27/h7-11,14-15,24H,4-6,12-13,16-17H2,1-3H3/t24-/m1/s1. The fourth-order valence-corrected chi connectivity index (χ4v) is 4.44. The summed E-state index contributed by atoms with van der Waals surface area (Å²) >= 11 is 0. The molecule has 0 N–H and O–H groups in total. The molecular weight excluding hydrogens is 374 g/mol. The fraction of sp³-hybridized carbons (Fsp3) is 0.440. The molecule has 1 saturated heterocycles. The van der Waals surface area contributed by atoms with Gasteiger partial charge in [-0.05, 0) is 69.1 Å². The largest absolute Gasteiger partial charge is 0.497 e. The molecule has 4 rings (SSSR count). The van der Waals surface area contributed by atoms with Crippen molar-refractivity contribution >= 4 is 11.6 Å². The molecule has 2 aliphatic rings. The van der Waals surface area contributed by atoms with Crippen molar-refractivity contribution in [3.63, 3.8) is 0 Å². The molecule has 0 bridgehead atoms. The first-order chi connectivity index (χ1) is 14.5. The number of benzene rings is 2. The summed E-state index contributed by atoms with van der Waals surface area (Å²) in [6.45, 7) is 6.63. The zero-order valence-electron chi connectivity index (χ0n) is 18.2. The molecule has 5 heteroatoms. The third-order valence-corrected chi connectivity index (χ3v) is 6.16. The monoisotopic (exact) mass is 405 g/mol. The molecule has 1 fully saturated rings. The van der Waals surface area contributed by atoms with E-state index in [2.05, 4.69) is 43.0 Å². The maximum atomic E-state index is 13.3. The number of likely N-dealkylation sites (tertiary alicyclic amines) is 1. The van der Waals surface area contributed by atoms with Crippen LogP contribution in [0.25, 0.3) is 0 Å². The number of hydrazone groups is 1. The Hall–Kier alpha value is -2.66. The second-order valence-electron chi connectivity index (χ2n) is 8.44. The molecule has 1 amide bonds. The van der Waals surface area contributed by atoms with Crippen molar-refractivity contribution in [2.75, 3.05) is 26.7 Å². The third kappa shape index (κ3) is 4.41.